The normalized spacial score (nSPS) is 12.3. The van der Waals surface area contributed by atoms with Crippen molar-refractivity contribution in [3.63, 3.8) is 0 Å². The molecule has 0 aliphatic heterocycles. The van der Waals surface area contributed by atoms with Crippen LogP contribution in [0.3, 0.4) is 0 Å². The molecule has 0 fully saturated rings. The average Bonchev–Trinajstić information content (AvgIpc) is 2.46. The largest absolute Gasteiger partial charge is 0.409 e. The third kappa shape index (κ3) is 4.48. The van der Waals surface area contributed by atoms with Crippen molar-refractivity contribution in [2.45, 2.75) is 39.5 Å². The van der Waals surface area contributed by atoms with E-state index < -0.39 is 0 Å². The van der Waals surface area contributed by atoms with Gasteiger partial charge in [-0.25, -0.2) is 0 Å². The lowest BCUT2D eigenvalue weighted by Gasteiger charge is -2.26. The molecule has 1 aromatic carbocycles. The second kappa shape index (κ2) is 7.11. The molecular weight excluding hydrogens is 266 g/mol. The average molecular weight is 291 g/mol. The highest BCUT2D eigenvalue weighted by Crippen LogP contribution is 2.26. The molecule has 0 heterocycles. The van der Waals surface area contributed by atoms with E-state index in [1.807, 2.05) is 31.2 Å². The number of amides is 1. The fraction of sp³-hybridized carbons (Fsp3) is 0.500. The van der Waals surface area contributed by atoms with Gasteiger partial charge < -0.3 is 15.8 Å². The molecule has 0 saturated carbocycles. The molecule has 21 heavy (non-hydrogen) atoms. The maximum absolute atomic E-state index is 12.7. The minimum atomic E-state index is -0.1000. The standard InChI is InChI=1S/C16H25N3O2/c1-5-19(11-10-14(17)18-21)15(20)12-8-6-7-9-13(12)16(2,3)4/h6-9,21H,5,10-11H2,1-4H3,(H2,17,18). The molecule has 3 N–H and O–H groups in total. The van der Waals surface area contributed by atoms with Crippen molar-refractivity contribution in [2.75, 3.05) is 13.1 Å². The summed E-state index contributed by atoms with van der Waals surface area (Å²) in [6, 6.07) is 7.67. The molecular formula is C16H25N3O2. The summed E-state index contributed by atoms with van der Waals surface area (Å²) in [4.78, 5) is 14.4. The summed E-state index contributed by atoms with van der Waals surface area (Å²) < 4.78 is 0. The van der Waals surface area contributed by atoms with E-state index in [9.17, 15) is 4.79 Å². The van der Waals surface area contributed by atoms with Crippen LogP contribution in [-0.4, -0.2) is 34.9 Å². The van der Waals surface area contributed by atoms with Crippen molar-refractivity contribution in [3.8, 4) is 0 Å². The second-order valence-corrected chi connectivity index (χ2v) is 6.02. The van der Waals surface area contributed by atoms with Gasteiger partial charge in [-0.2, -0.15) is 0 Å². The molecule has 1 rings (SSSR count). The molecule has 0 bridgehead atoms. The summed E-state index contributed by atoms with van der Waals surface area (Å²) in [5, 5.41) is 11.5. The molecule has 0 atom stereocenters. The predicted octanol–water partition coefficient (Wildman–Crippen LogP) is 2.58. The number of hydrogen-bond donors (Lipinski definition) is 2. The van der Waals surface area contributed by atoms with E-state index in [0.717, 1.165) is 5.56 Å². The number of oxime groups is 1. The van der Waals surface area contributed by atoms with E-state index in [1.54, 1.807) is 4.90 Å². The van der Waals surface area contributed by atoms with Gasteiger partial charge in [-0.3, -0.25) is 4.79 Å². The molecule has 0 aliphatic rings. The van der Waals surface area contributed by atoms with Crippen LogP contribution in [0, 0.1) is 0 Å². The van der Waals surface area contributed by atoms with Gasteiger partial charge in [0.25, 0.3) is 5.91 Å². The van der Waals surface area contributed by atoms with Crippen LogP contribution in [0.2, 0.25) is 0 Å². The van der Waals surface area contributed by atoms with Crippen molar-refractivity contribution in [1.29, 1.82) is 0 Å². The molecule has 0 unspecified atom stereocenters. The highest BCUT2D eigenvalue weighted by Gasteiger charge is 2.23. The van der Waals surface area contributed by atoms with Gasteiger partial charge in [-0.15, -0.1) is 0 Å². The molecule has 0 radical (unpaired) electrons. The zero-order valence-corrected chi connectivity index (χ0v) is 13.3. The van der Waals surface area contributed by atoms with Crippen LogP contribution in [0.15, 0.2) is 29.4 Å². The van der Waals surface area contributed by atoms with Crippen LogP contribution < -0.4 is 5.73 Å². The van der Waals surface area contributed by atoms with Gasteiger partial charge in [0.2, 0.25) is 0 Å². The summed E-state index contributed by atoms with van der Waals surface area (Å²) in [5.41, 5.74) is 7.12. The minimum Gasteiger partial charge on any atom is -0.409 e. The van der Waals surface area contributed by atoms with Gasteiger partial charge in [0.05, 0.1) is 0 Å². The second-order valence-electron chi connectivity index (χ2n) is 6.02. The highest BCUT2D eigenvalue weighted by atomic mass is 16.4. The summed E-state index contributed by atoms with van der Waals surface area (Å²) in [6.07, 6.45) is 0.355. The van der Waals surface area contributed by atoms with Crippen molar-refractivity contribution in [1.82, 2.24) is 4.90 Å². The first-order valence-corrected chi connectivity index (χ1v) is 7.16. The van der Waals surface area contributed by atoms with Crippen molar-refractivity contribution >= 4 is 11.7 Å². The molecule has 0 aromatic heterocycles. The number of rotatable bonds is 5. The van der Waals surface area contributed by atoms with Gasteiger partial charge >= 0.3 is 0 Å². The van der Waals surface area contributed by atoms with E-state index >= 15 is 0 Å². The SMILES string of the molecule is CCN(CC/C(N)=N/O)C(=O)c1ccccc1C(C)(C)C. The van der Waals surface area contributed by atoms with E-state index in [-0.39, 0.29) is 17.2 Å². The van der Waals surface area contributed by atoms with E-state index in [2.05, 4.69) is 25.9 Å². The first kappa shape index (κ1) is 17.0. The number of hydrogen-bond acceptors (Lipinski definition) is 3. The Hall–Kier alpha value is -2.04. The fourth-order valence-electron chi connectivity index (χ4n) is 2.20. The zero-order valence-electron chi connectivity index (χ0n) is 13.3. The van der Waals surface area contributed by atoms with Gasteiger partial charge in [-0.1, -0.05) is 44.1 Å². The van der Waals surface area contributed by atoms with Crippen LogP contribution >= 0.6 is 0 Å². The Bertz CT molecular complexity index is 518. The first-order valence-electron chi connectivity index (χ1n) is 7.16. The Morgan fingerprint density at radius 3 is 2.48 bits per heavy atom. The third-order valence-corrected chi connectivity index (χ3v) is 3.40. The Kier molecular flexibility index (Phi) is 5.76. The van der Waals surface area contributed by atoms with Crippen LogP contribution in [0.25, 0.3) is 0 Å². The molecule has 0 saturated heterocycles. The lowest BCUT2D eigenvalue weighted by Crippen LogP contribution is -2.35. The van der Waals surface area contributed by atoms with Crippen LogP contribution in [-0.2, 0) is 5.41 Å². The van der Waals surface area contributed by atoms with Gasteiger partial charge in [0.1, 0.15) is 5.84 Å². The van der Waals surface area contributed by atoms with Crippen molar-refractivity contribution in [2.24, 2.45) is 10.9 Å². The lowest BCUT2D eigenvalue weighted by molar-refractivity contribution is 0.0766. The highest BCUT2D eigenvalue weighted by molar-refractivity contribution is 5.96. The Labute approximate surface area is 126 Å². The zero-order chi connectivity index (χ0) is 16.0. The number of amidine groups is 1. The van der Waals surface area contributed by atoms with Crippen molar-refractivity contribution < 1.29 is 10.0 Å². The quantitative estimate of drug-likeness (QED) is 0.379. The number of nitrogens with two attached hydrogens (primary N) is 1. The maximum atomic E-state index is 12.7. The fourth-order valence-corrected chi connectivity index (χ4v) is 2.20. The Morgan fingerprint density at radius 2 is 1.95 bits per heavy atom. The number of benzene rings is 1. The Morgan fingerprint density at radius 1 is 1.33 bits per heavy atom. The summed E-state index contributed by atoms with van der Waals surface area (Å²) in [5.74, 6) is 0.110. The summed E-state index contributed by atoms with van der Waals surface area (Å²) in [6.45, 7) is 9.20. The summed E-state index contributed by atoms with van der Waals surface area (Å²) >= 11 is 0. The summed E-state index contributed by atoms with van der Waals surface area (Å²) in [7, 11) is 0. The predicted molar refractivity (Wildman–Crippen MR) is 84.7 cm³/mol. The molecule has 5 nitrogen and oxygen atoms in total. The van der Waals surface area contributed by atoms with Crippen LogP contribution in [0.4, 0.5) is 0 Å². The molecule has 0 spiro atoms. The third-order valence-electron chi connectivity index (χ3n) is 3.40. The monoisotopic (exact) mass is 291 g/mol. The molecule has 1 aromatic rings. The molecule has 5 heteroatoms. The lowest BCUT2D eigenvalue weighted by atomic mass is 9.83. The minimum absolute atomic E-state index is 0.0197. The number of carbonyl (C=O) groups excluding carboxylic acids is 1. The number of nitrogens with zero attached hydrogens (tertiary/aromatic N) is 2. The Balaban J connectivity index is 3.01. The van der Waals surface area contributed by atoms with Gasteiger partial charge in [0.15, 0.2) is 0 Å². The van der Waals surface area contributed by atoms with E-state index in [1.165, 1.54) is 0 Å². The smallest absolute Gasteiger partial charge is 0.254 e. The first-order chi connectivity index (χ1) is 9.81. The number of carbonyl (C=O) groups is 1. The van der Waals surface area contributed by atoms with Crippen molar-refractivity contribution in [3.05, 3.63) is 35.4 Å². The van der Waals surface area contributed by atoms with Crippen LogP contribution in [0.5, 0.6) is 0 Å². The van der Waals surface area contributed by atoms with Gasteiger partial charge in [0, 0.05) is 25.1 Å². The topological polar surface area (TPSA) is 78.9 Å². The van der Waals surface area contributed by atoms with E-state index in [4.69, 9.17) is 10.9 Å². The van der Waals surface area contributed by atoms with E-state index in [0.29, 0.717) is 25.1 Å². The molecule has 1 amide bonds. The maximum Gasteiger partial charge on any atom is 0.254 e. The van der Waals surface area contributed by atoms with Crippen LogP contribution in [0.1, 0.15) is 50.0 Å². The van der Waals surface area contributed by atoms with Gasteiger partial charge in [-0.05, 0) is 24.0 Å². The molecule has 116 valence electrons. The molecule has 0 aliphatic carbocycles.